The van der Waals surface area contributed by atoms with Crippen LogP contribution in [0.4, 0.5) is 36.4 Å². The first-order chi connectivity index (χ1) is 10.5. The lowest BCUT2D eigenvalue weighted by molar-refractivity contribution is -0.143. The Morgan fingerprint density at radius 3 is 1.87 bits per heavy atom. The number of nitrogens with one attached hydrogen (secondary N) is 1. The summed E-state index contributed by atoms with van der Waals surface area (Å²) in [6, 6.07) is 0. The zero-order valence-electron chi connectivity index (χ0n) is 12.3. The molecule has 0 aliphatic rings. The van der Waals surface area contributed by atoms with Crippen molar-refractivity contribution in [1.29, 1.82) is 0 Å². The number of carbonyl (C=O) groups excluding carboxylic acids is 1. The number of alkyl halides is 3. The Morgan fingerprint density at radius 1 is 1.00 bits per heavy atom. The second-order valence-electron chi connectivity index (χ2n) is 5.34. The number of carbonyl (C=O) groups is 1. The van der Waals surface area contributed by atoms with Crippen molar-refractivity contribution in [1.82, 2.24) is 0 Å². The van der Waals surface area contributed by atoms with Crippen LogP contribution in [0.1, 0.15) is 38.7 Å². The Labute approximate surface area is 127 Å². The van der Waals surface area contributed by atoms with E-state index in [2.05, 4.69) is 0 Å². The average Bonchev–Trinajstić information content (AvgIpc) is 2.39. The van der Waals surface area contributed by atoms with Gasteiger partial charge in [-0.05, 0) is 12.3 Å². The smallest absolute Gasteiger partial charge is 0.321 e. The minimum Gasteiger partial charge on any atom is -0.321 e. The quantitative estimate of drug-likeness (QED) is 0.589. The first kappa shape index (κ1) is 19.2. The summed E-state index contributed by atoms with van der Waals surface area (Å²) in [4.78, 5) is 11.5. The molecule has 0 aliphatic carbocycles. The fourth-order valence-corrected chi connectivity index (χ4v) is 1.86. The van der Waals surface area contributed by atoms with E-state index in [1.807, 2.05) is 13.8 Å². The van der Waals surface area contributed by atoms with Gasteiger partial charge in [0.2, 0.25) is 5.91 Å². The van der Waals surface area contributed by atoms with E-state index in [0.717, 1.165) is 0 Å². The van der Waals surface area contributed by atoms with Gasteiger partial charge >= 0.3 is 6.18 Å². The van der Waals surface area contributed by atoms with Gasteiger partial charge in [-0.25, -0.2) is 17.6 Å². The van der Waals surface area contributed by atoms with Gasteiger partial charge in [-0.15, -0.1) is 0 Å². The number of hydrogen-bond donors (Lipinski definition) is 1. The van der Waals surface area contributed by atoms with Gasteiger partial charge in [0.25, 0.3) is 0 Å². The average molecular weight is 345 g/mol. The molecule has 1 aromatic carbocycles. The van der Waals surface area contributed by atoms with Crippen LogP contribution in [0.3, 0.4) is 0 Å². The van der Waals surface area contributed by atoms with Gasteiger partial charge < -0.3 is 5.32 Å². The monoisotopic (exact) mass is 345 g/mol. The van der Waals surface area contributed by atoms with Crippen molar-refractivity contribution in [2.45, 2.75) is 39.3 Å². The molecule has 0 saturated carbocycles. The third-order valence-corrected chi connectivity index (χ3v) is 3.00. The number of hydrogen-bond acceptors (Lipinski definition) is 1. The summed E-state index contributed by atoms with van der Waals surface area (Å²) >= 11 is 0. The highest BCUT2D eigenvalue weighted by molar-refractivity contribution is 5.91. The summed E-state index contributed by atoms with van der Waals surface area (Å²) in [7, 11) is 0. The molecule has 0 aliphatic heterocycles. The molecule has 0 atom stereocenters. The maximum Gasteiger partial charge on any atom is 0.422 e. The summed E-state index contributed by atoms with van der Waals surface area (Å²) < 4.78 is 91.0. The molecule has 23 heavy (non-hydrogen) atoms. The van der Waals surface area contributed by atoms with Gasteiger partial charge in [0.05, 0.1) is 0 Å². The van der Waals surface area contributed by atoms with Crippen LogP contribution in [-0.2, 0) is 11.0 Å². The summed E-state index contributed by atoms with van der Waals surface area (Å²) in [5.74, 6) is -10.5. The minimum absolute atomic E-state index is 0.193. The van der Waals surface area contributed by atoms with Gasteiger partial charge in [-0.3, -0.25) is 4.79 Å². The molecule has 0 spiro atoms. The van der Waals surface area contributed by atoms with E-state index in [0.29, 0.717) is 12.8 Å². The maximum absolute atomic E-state index is 13.5. The standard InChI is InChI=1S/C14H14F7NO/c1-6(2)4-3-5-7(23)22-13-11(17)9(15)8(14(19,20)21)10(16)12(13)18/h6H,3-5H2,1-2H3,(H,22,23). The molecule has 1 N–H and O–H groups in total. The highest BCUT2D eigenvalue weighted by Crippen LogP contribution is 2.38. The summed E-state index contributed by atoms with van der Waals surface area (Å²) in [5, 5.41) is 1.58. The largest absolute Gasteiger partial charge is 0.422 e. The Hall–Kier alpha value is -1.80. The molecule has 0 saturated heterocycles. The van der Waals surface area contributed by atoms with Gasteiger partial charge in [-0.2, -0.15) is 13.2 Å². The van der Waals surface area contributed by atoms with Gasteiger partial charge in [-0.1, -0.05) is 20.3 Å². The Balaban J connectivity index is 3.08. The van der Waals surface area contributed by atoms with Crippen molar-refractivity contribution in [2.24, 2.45) is 5.92 Å². The van der Waals surface area contributed by atoms with E-state index >= 15 is 0 Å². The number of amides is 1. The molecule has 9 heteroatoms. The van der Waals surface area contributed by atoms with Crippen LogP contribution >= 0.6 is 0 Å². The Bertz CT molecular complexity index is 567. The Morgan fingerprint density at radius 2 is 1.48 bits per heavy atom. The highest BCUT2D eigenvalue weighted by atomic mass is 19.4. The third kappa shape index (κ3) is 4.59. The number of rotatable bonds is 5. The molecule has 0 bridgehead atoms. The van der Waals surface area contributed by atoms with Gasteiger partial charge in [0, 0.05) is 6.42 Å². The SMILES string of the molecule is CC(C)CCCC(=O)Nc1c(F)c(F)c(C(F)(F)F)c(F)c1F. The number of benzene rings is 1. The molecule has 1 rings (SSSR count). The van der Waals surface area contributed by atoms with E-state index in [1.165, 1.54) is 0 Å². The molecule has 0 aromatic heterocycles. The number of halogens is 7. The minimum atomic E-state index is -5.62. The first-order valence-electron chi connectivity index (χ1n) is 6.69. The lowest BCUT2D eigenvalue weighted by atomic mass is 10.1. The van der Waals surface area contributed by atoms with E-state index < -0.39 is 46.6 Å². The Kier molecular flexibility index (Phi) is 6.01. The normalized spacial score (nSPS) is 11.9. The molecular weight excluding hydrogens is 331 g/mol. The van der Waals surface area contributed by atoms with Crippen molar-refractivity contribution in [2.75, 3.05) is 5.32 Å². The van der Waals surface area contributed by atoms with Gasteiger partial charge in [0.15, 0.2) is 23.3 Å². The zero-order valence-corrected chi connectivity index (χ0v) is 12.3. The van der Waals surface area contributed by atoms with E-state index in [4.69, 9.17) is 0 Å². The fraction of sp³-hybridized carbons (Fsp3) is 0.500. The predicted molar refractivity (Wildman–Crippen MR) is 68.6 cm³/mol. The molecule has 0 heterocycles. The van der Waals surface area contributed by atoms with Crippen LogP contribution < -0.4 is 5.32 Å². The first-order valence-corrected chi connectivity index (χ1v) is 6.69. The lowest BCUT2D eigenvalue weighted by Crippen LogP contribution is -2.20. The summed E-state index contributed by atoms with van der Waals surface area (Å²) in [6.45, 7) is 3.75. The predicted octanol–water partition coefficient (Wildman–Crippen LogP) is 5.03. The van der Waals surface area contributed by atoms with Crippen LogP contribution in [0.15, 0.2) is 0 Å². The maximum atomic E-state index is 13.5. The lowest BCUT2D eigenvalue weighted by Gasteiger charge is -2.14. The second kappa shape index (κ2) is 7.18. The van der Waals surface area contributed by atoms with Crippen LogP contribution in [0.5, 0.6) is 0 Å². The van der Waals surface area contributed by atoms with Gasteiger partial charge in [0.1, 0.15) is 11.3 Å². The third-order valence-electron chi connectivity index (χ3n) is 3.00. The van der Waals surface area contributed by atoms with Crippen molar-refractivity contribution in [3.8, 4) is 0 Å². The van der Waals surface area contributed by atoms with Crippen molar-refractivity contribution in [3.63, 3.8) is 0 Å². The molecule has 0 fully saturated rings. The fourth-order valence-electron chi connectivity index (χ4n) is 1.86. The zero-order chi connectivity index (χ0) is 17.9. The topological polar surface area (TPSA) is 29.1 Å². The summed E-state index contributed by atoms with van der Waals surface area (Å²) in [6.07, 6.45) is -4.84. The van der Waals surface area contributed by atoms with Crippen LogP contribution in [-0.4, -0.2) is 5.91 Å². The molecular formula is C14H14F7NO. The van der Waals surface area contributed by atoms with Crippen LogP contribution in [0.2, 0.25) is 0 Å². The highest BCUT2D eigenvalue weighted by Gasteiger charge is 2.42. The molecule has 1 aromatic rings. The van der Waals surface area contributed by atoms with Crippen LogP contribution in [0.25, 0.3) is 0 Å². The molecule has 0 unspecified atom stereocenters. The van der Waals surface area contributed by atoms with Crippen molar-refractivity contribution >= 4 is 11.6 Å². The molecule has 130 valence electrons. The van der Waals surface area contributed by atoms with E-state index in [-0.39, 0.29) is 12.3 Å². The molecule has 2 nitrogen and oxygen atoms in total. The summed E-state index contributed by atoms with van der Waals surface area (Å²) in [5.41, 5.74) is -4.24. The van der Waals surface area contributed by atoms with E-state index in [9.17, 15) is 35.5 Å². The molecule has 1 amide bonds. The van der Waals surface area contributed by atoms with Crippen molar-refractivity contribution in [3.05, 3.63) is 28.8 Å². The van der Waals surface area contributed by atoms with E-state index in [1.54, 1.807) is 5.32 Å². The van der Waals surface area contributed by atoms with Crippen molar-refractivity contribution < 1.29 is 35.5 Å². The number of anilines is 1. The molecule has 0 radical (unpaired) electrons. The second-order valence-corrected chi connectivity index (χ2v) is 5.34. The van der Waals surface area contributed by atoms with Crippen LogP contribution in [0, 0.1) is 29.2 Å².